The number of carbonyl (C=O) groups is 1. The summed E-state index contributed by atoms with van der Waals surface area (Å²) in [6.45, 7) is 4.18. The van der Waals surface area contributed by atoms with Crippen molar-refractivity contribution in [3.8, 4) is 23.0 Å². The van der Waals surface area contributed by atoms with E-state index in [1.165, 1.54) is 19.2 Å². The van der Waals surface area contributed by atoms with Gasteiger partial charge in [-0.25, -0.2) is 4.79 Å². The summed E-state index contributed by atoms with van der Waals surface area (Å²) in [7, 11) is 1.50. The van der Waals surface area contributed by atoms with Crippen LogP contribution in [0.5, 0.6) is 23.0 Å². The molecule has 2 aromatic carbocycles. The van der Waals surface area contributed by atoms with Gasteiger partial charge in [0.25, 0.3) is 0 Å². The molecule has 10 heteroatoms. The van der Waals surface area contributed by atoms with Crippen LogP contribution in [0.1, 0.15) is 25.0 Å². The van der Waals surface area contributed by atoms with E-state index in [-0.39, 0.29) is 29.1 Å². The average molecular weight is 493 g/mol. The topological polar surface area (TPSA) is 166 Å². The van der Waals surface area contributed by atoms with Crippen molar-refractivity contribution in [1.82, 2.24) is 0 Å². The summed E-state index contributed by atoms with van der Waals surface area (Å²) in [5.41, 5.74) is 1.81. The number of aliphatic carboxylic acids is 1. The van der Waals surface area contributed by atoms with Crippen molar-refractivity contribution in [2.75, 3.05) is 7.11 Å². The van der Waals surface area contributed by atoms with Crippen molar-refractivity contribution >= 4 is 5.97 Å². The fraction of sp³-hybridized carbons (Fsp3) is 0.480. The molecule has 10 nitrogen and oxygen atoms in total. The van der Waals surface area contributed by atoms with E-state index in [1.807, 2.05) is 6.07 Å². The predicted molar refractivity (Wildman–Crippen MR) is 123 cm³/mol. The number of hydrogen-bond donors (Lipinski definition) is 6. The second kappa shape index (κ2) is 11.1. The lowest BCUT2D eigenvalue weighted by Crippen LogP contribution is -2.61. The smallest absolute Gasteiger partial charge is 0.335 e. The Morgan fingerprint density at radius 2 is 1.40 bits per heavy atom. The van der Waals surface area contributed by atoms with Gasteiger partial charge in [-0.1, -0.05) is 26.0 Å². The van der Waals surface area contributed by atoms with Crippen LogP contribution in [0, 0.1) is 11.8 Å². The molecule has 6 N–H and O–H groups in total. The molecule has 1 heterocycles. The Labute approximate surface area is 202 Å². The molecule has 0 bridgehead atoms. The molecule has 1 saturated heterocycles. The number of ether oxygens (including phenoxy) is 3. The molecule has 0 spiro atoms. The fourth-order valence-electron chi connectivity index (χ4n) is 4.07. The number of benzene rings is 2. The third-order valence-electron chi connectivity index (χ3n) is 6.41. The second-order valence-electron chi connectivity index (χ2n) is 9.02. The summed E-state index contributed by atoms with van der Waals surface area (Å²) in [5.74, 6) is -0.846. The quantitative estimate of drug-likeness (QED) is 0.301. The molecule has 0 aliphatic carbocycles. The SMILES string of the molecule is COc1ccc(CC(C)C(C)Cc2ccc(O[C@@H]3O[C@H](C(=O)O)[C@@H](O)[C@H](O)[C@H]3O)c(O)c2)cc1O. The number of hydrogen-bond acceptors (Lipinski definition) is 9. The van der Waals surface area contributed by atoms with Gasteiger partial charge in [0.05, 0.1) is 7.11 Å². The van der Waals surface area contributed by atoms with Gasteiger partial charge in [-0.3, -0.25) is 0 Å². The molecular weight excluding hydrogens is 460 g/mol. The van der Waals surface area contributed by atoms with Crippen molar-refractivity contribution in [3.63, 3.8) is 0 Å². The van der Waals surface area contributed by atoms with E-state index in [9.17, 15) is 30.3 Å². The highest BCUT2D eigenvalue weighted by Gasteiger charge is 2.48. The Balaban J connectivity index is 1.63. The lowest BCUT2D eigenvalue weighted by Gasteiger charge is -2.38. The maximum Gasteiger partial charge on any atom is 0.335 e. The van der Waals surface area contributed by atoms with Crippen LogP contribution in [0.15, 0.2) is 36.4 Å². The summed E-state index contributed by atoms with van der Waals surface area (Å²) in [4.78, 5) is 11.2. The molecule has 35 heavy (non-hydrogen) atoms. The lowest BCUT2D eigenvalue weighted by atomic mass is 9.85. The largest absolute Gasteiger partial charge is 0.504 e. The summed E-state index contributed by atoms with van der Waals surface area (Å²) in [6, 6.07) is 10.0. The van der Waals surface area contributed by atoms with E-state index in [0.29, 0.717) is 12.2 Å². The lowest BCUT2D eigenvalue weighted by molar-refractivity contribution is -0.271. The molecule has 2 aromatic rings. The van der Waals surface area contributed by atoms with E-state index in [1.54, 1.807) is 18.2 Å². The molecule has 0 amide bonds. The third-order valence-corrected chi connectivity index (χ3v) is 6.41. The van der Waals surface area contributed by atoms with Crippen LogP contribution in [-0.2, 0) is 22.4 Å². The molecule has 1 aliphatic heterocycles. The standard InChI is InChI=1S/C25H32O10/c1-12(8-14-4-6-18(33-3)16(26)10-14)13(2)9-15-5-7-19(17(27)11-15)34-25-22(30)20(28)21(29)23(35-25)24(31)32/h4-7,10-13,20-23,25-30H,8-9H2,1-3H3,(H,31,32)/t12?,13?,20-,21-,22+,23-,25+/m0/s1. The molecule has 7 atom stereocenters. The van der Waals surface area contributed by atoms with Crippen LogP contribution >= 0.6 is 0 Å². The van der Waals surface area contributed by atoms with Gasteiger partial charge in [-0.05, 0) is 60.1 Å². The molecule has 0 saturated carbocycles. The fourth-order valence-corrected chi connectivity index (χ4v) is 4.07. The Morgan fingerprint density at radius 3 is 1.86 bits per heavy atom. The van der Waals surface area contributed by atoms with Gasteiger partial charge >= 0.3 is 5.97 Å². The monoisotopic (exact) mass is 492 g/mol. The number of methoxy groups -OCH3 is 1. The highest BCUT2D eigenvalue weighted by atomic mass is 16.7. The van der Waals surface area contributed by atoms with Gasteiger partial charge in [-0.15, -0.1) is 0 Å². The zero-order valence-electron chi connectivity index (χ0n) is 19.7. The average Bonchev–Trinajstić information content (AvgIpc) is 2.80. The van der Waals surface area contributed by atoms with E-state index in [2.05, 4.69) is 13.8 Å². The first-order chi connectivity index (χ1) is 16.5. The Hall–Kier alpha value is -3.05. The van der Waals surface area contributed by atoms with Crippen LogP contribution in [-0.4, -0.2) is 74.4 Å². The van der Waals surface area contributed by atoms with E-state index in [0.717, 1.165) is 17.5 Å². The Bertz CT molecular complexity index is 1030. The van der Waals surface area contributed by atoms with Gasteiger partial charge in [0, 0.05) is 0 Å². The zero-order chi connectivity index (χ0) is 25.9. The number of rotatable bonds is 9. The van der Waals surface area contributed by atoms with Gasteiger partial charge in [0.1, 0.15) is 18.3 Å². The van der Waals surface area contributed by atoms with Crippen molar-refractivity contribution in [3.05, 3.63) is 47.5 Å². The zero-order valence-corrected chi connectivity index (χ0v) is 19.7. The minimum atomic E-state index is -1.83. The molecule has 3 rings (SSSR count). The number of phenolic OH excluding ortho intramolecular Hbond substituents is 2. The number of carboxylic acid groups (broad SMARTS) is 1. The van der Waals surface area contributed by atoms with Crippen LogP contribution in [0.3, 0.4) is 0 Å². The van der Waals surface area contributed by atoms with Gasteiger partial charge in [-0.2, -0.15) is 0 Å². The number of aromatic hydroxyl groups is 2. The molecule has 192 valence electrons. The Morgan fingerprint density at radius 1 is 0.886 bits per heavy atom. The van der Waals surface area contributed by atoms with Crippen molar-refractivity contribution in [1.29, 1.82) is 0 Å². The minimum Gasteiger partial charge on any atom is -0.504 e. The summed E-state index contributed by atoms with van der Waals surface area (Å²) < 4.78 is 15.6. The van der Waals surface area contributed by atoms with Crippen LogP contribution < -0.4 is 9.47 Å². The summed E-state index contributed by atoms with van der Waals surface area (Å²) >= 11 is 0. The molecule has 0 radical (unpaired) electrons. The van der Waals surface area contributed by atoms with E-state index in [4.69, 9.17) is 19.3 Å². The maximum absolute atomic E-state index is 11.2. The molecule has 1 aliphatic rings. The van der Waals surface area contributed by atoms with E-state index < -0.39 is 36.7 Å². The predicted octanol–water partition coefficient (Wildman–Crippen LogP) is 1.43. The number of carboxylic acids is 1. The first kappa shape index (κ1) is 26.6. The summed E-state index contributed by atoms with van der Waals surface area (Å²) in [6.07, 6.45) is -7.37. The van der Waals surface area contributed by atoms with Crippen molar-refractivity contribution in [2.24, 2.45) is 11.8 Å². The summed E-state index contributed by atoms with van der Waals surface area (Å²) in [5, 5.41) is 59.4. The maximum atomic E-state index is 11.2. The molecule has 1 fully saturated rings. The van der Waals surface area contributed by atoms with Crippen LogP contribution in [0.4, 0.5) is 0 Å². The molecule has 0 aromatic heterocycles. The van der Waals surface area contributed by atoms with Crippen molar-refractivity contribution < 1.29 is 49.6 Å². The molecule has 2 unspecified atom stereocenters. The highest BCUT2D eigenvalue weighted by Crippen LogP contribution is 2.33. The van der Waals surface area contributed by atoms with Crippen molar-refractivity contribution in [2.45, 2.75) is 57.4 Å². The van der Waals surface area contributed by atoms with Crippen LogP contribution in [0.25, 0.3) is 0 Å². The minimum absolute atomic E-state index is 0.0695. The second-order valence-corrected chi connectivity index (χ2v) is 9.02. The van der Waals surface area contributed by atoms with Gasteiger partial charge in [0.15, 0.2) is 29.1 Å². The van der Waals surface area contributed by atoms with Gasteiger partial charge < -0.3 is 44.8 Å². The third kappa shape index (κ3) is 6.15. The number of aliphatic hydroxyl groups excluding tert-OH is 3. The number of phenols is 2. The first-order valence-electron chi connectivity index (χ1n) is 11.3. The van der Waals surface area contributed by atoms with E-state index >= 15 is 0 Å². The normalized spacial score (nSPS) is 26.1. The van der Waals surface area contributed by atoms with Gasteiger partial charge in [0.2, 0.25) is 6.29 Å². The van der Waals surface area contributed by atoms with Crippen LogP contribution in [0.2, 0.25) is 0 Å². The highest BCUT2D eigenvalue weighted by molar-refractivity contribution is 5.73. The first-order valence-corrected chi connectivity index (χ1v) is 11.3. The Kier molecular flexibility index (Phi) is 8.44. The molecular formula is C25H32O10. The number of aliphatic hydroxyl groups is 3.